The van der Waals surface area contributed by atoms with Gasteiger partial charge in [0.05, 0.1) is 17.9 Å². The van der Waals surface area contributed by atoms with E-state index >= 15 is 0 Å². The summed E-state index contributed by atoms with van der Waals surface area (Å²) in [5, 5.41) is 9.05. The van der Waals surface area contributed by atoms with Crippen LogP contribution in [0, 0.1) is 6.92 Å². The van der Waals surface area contributed by atoms with Crippen molar-refractivity contribution in [3.8, 4) is 5.69 Å². The van der Waals surface area contributed by atoms with Gasteiger partial charge in [-0.15, -0.1) is 5.10 Å². The smallest absolute Gasteiger partial charge is 0.336 e. The molecule has 1 aromatic heterocycles. The summed E-state index contributed by atoms with van der Waals surface area (Å²) in [6.07, 6.45) is -3.77. The fourth-order valence-electron chi connectivity index (χ4n) is 3.03. The van der Waals surface area contributed by atoms with E-state index in [0.29, 0.717) is 35.9 Å². The lowest BCUT2D eigenvalue weighted by molar-refractivity contribution is -0.145. The molecule has 0 unspecified atom stereocenters. The van der Waals surface area contributed by atoms with E-state index in [1.165, 1.54) is 14.6 Å². The highest BCUT2D eigenvalue weighted by Gasteiger charge is 2.32. The molecule has 1 amide bonds. The van der Waals surface area contributed by atoms with Crippen LogP contribution in [0.1, 0.15) is 22.6 Å². The van der Waals surface area contributed by atoms with Crippen LogP contribution >= 0.6 is 11.6 Å². The quantitative estimate of drug-likeness (QED) is 0.793. The fraction of sp³-hybridized carbons (Fsp3) is 0.471. The van der Waals surface area contributed by atoms with E-state index < -0.39 is 12.7 Å². The molecule has 27 heavy (non-hydrogen) atoms. The third-order valence-electron chi connectivity index (χ3n) is 4.30. The van der Waals surface area contributed by atoms with Crippen LogP contribution in [0.2, 0.25) is 5.02 Å². The molecule has 2 aromatic rings. The summed E-state index contributed by atoms with van der Waals surface area (Å²) in [6, 6.07) is 6.91. The van der Waals surface area contributed by atoms with Gasteiger partial charge in [0.25, 0.3) is 5.91 Å². The molecule has 1 saturated heterocycles. The topological polar surface area (TPSA) is 54.3 Å². The molecule has 0 N–H and O–H groups in total. The highest BCUT2D eigenvalue weighted by atomic mass is 35.5. The highest BCUT2D eigenvalue weighted by molar-refractivity contribution is 6.30. The van der Waals surface area contributed by atoms with Gasteiger partial charge in [-0.3, -0.25) is 9.69 Å². The second kappa shape index (κ2) is 7.85. The number of alkyl halides is 3. The number of amides is 1. The Bertz CT molecular complexity index is 823. The van der Waals surface area contributed by atoms with E-state index in [0.717, 1.165) is 0 Å². The summed E-state index contributed by atoms with van der Waals surface area (Å²) in [5.74, 6) is -0.324. The largest absolute Gasteiger partial charge is 0.401 e. The summed E-state index contributed by atoms with van der Waals surface area (Å²) < 4.78 is 37.8. The van der Waals surface area contributed by atoms with E-state index in [1.54, 1.807) is 31.2 Å². The number of carbonyl (C=O) groups excluding carboxylic acids is 1. The van der Waals surface area contributed by atoms with Gasteiger partial charge < -0.3 is 4.90 Å². The lowest BCUT2D eigenvalue weighted by atomic mass is 10.3. The molecule has 6 nitrogen and oxygen atoms in total. The molecule has 1 fully saturated rings. The minimum atomic E-state index is -4.24. The van der Waals surface area contributed by atoms with Gasteiger partial charge in [0.2, 0.25) is 0 Å². The van der Waals surface area contributed by atoms with Gasteiger partial charge in [0.1, 0.15) is 0 Å². The molecule has 146 valence electrons. The lowest BCUT2D eigenvalue weighted by Gasteiger charge is -2.22. The van der Waals surface area contributed by atoms with Crippen molar-refractivity contribution >= 4 is 17.5 Å². The van der Waals surface area contributed by atoms with Crippen LogP contribution in [-0.2, 0) is 0 Å². The third kappa shape index (κ3) is 4.98. The standard InChI is InChI=1S/C17H19ClF3N5O/c1-12-15(23-26(22-12)14-5-2-4-13(18)10-14)16(27)25-7-3-6-24(8-9-25)11-17(19,20)21/h2,4-5,10H,3,6-9,11H2,1H3. The van der Waals surface area contributed by atoms with Crippen LogP contribution in [0.25, 0.3) is 5.69 Å². The van der Waals surface area contributed by atoms with Gasteiger partial charge in [-0.2, -0.15) is 23.1 Å². The molecule has 0 radical (unpaired) electrons. The first kappa shape index (κ1) is 19.6. The average molecular weight is 402 g/mol. The minimum absolute atomic E-state index is 0.173. The number of aryl methyl sites for hydroxylation is 1. The van der Waals surface area contributed by atoms with Gasteiger partial charge in [0, 0.05) is 31.2 Å². The van der Waals surface area contributed by atoms with Crippen LogP contribution in [0.15, 0.2) is 24.3 Å². The molecule has 0 bridgehead atoms. The van der Waals surface area contributed by atoms with Crippen LogP contribution in [-0.4, -0.2) is 69.6 Å². The van der Waals surface area contributed by atoms with Crippen molar-refractivity contribution in [1.29, 1.82) is 0 Å². The maximum absolute atomic E-state index is 12.8. The van der Waals surface area contributed by atoms with Crippen LogP contribution in [0.5, 0.6) is 0 Å². The summed E-state index contributed by atoms with van der Waals surface area (Å²) in [6.45, 7) is 1.80. The number of hydrogen-bond donors (Lipinski definition) is 0. The van der Waals surface area contributed by atoms with Gasteiger partial charge in [-0.05, 0) is 31.5 Å². The first-order valence-corrected chi connectivity index (χ1v) is 8.89. The Morgan fingerprint density at radius 2 is 1.96 bits per heavy atom. The first-order valence-electron chi connectivity index (χ1n) is 8.51. The molecule has 0 aliphatic carbocycles. The van der Waals surface area contributed by atoms with Crippen LogP contribution < -0.4 is 0 Å². The Hall–Kier alpha value is -2.13. The maximum atomic E-state index is 12.8. The molecule has 3 rings (SSSR count). The molecular weight excluding hydrogens is 383 g/mol. The molecule has 0 atom stereocenters. The summed E-state index contributed by atoms with van der Waals surface area (Å²) in [5.41, 5.74) is 1.27. The van der Waals surface area contributed by atoms with Crippen molar-refractivity contribution < 1.29 is 18.0 Å². The van der Waals surface area contributed by atoms with E-state index in [-0.39, 0.29) is 24.7 Å². The first-order chi connectivity index (χ1) is 12.7. The number of hydrogen-bond acceptors (Lipinski definition) is 4. The molecule has 2 heterocycles. The molecule has 10 heteroatoms. The molecule has 1 aliphatic heterocycles. The second-order valence-corrected chi connectivity index (χ2v) is 6.88. The minimum Gasteiger partial charge on any atom is -0.336 e. The Kier molecular flexibility index (Phi) is 5.71. The predicted octanol–water partition coefficient (Wildman–Crippen LogP) is 2.94. The SMILES string of the molecule is Cc1nn(-c2cccc(Cl)c2)nc1C(=O)N1CCCN(CC(F)(F)F)CC1. The molecular formula is C17H19ClF3N5O. The monoisotopic (exact) mass is 401 g/mol. The van der Waals surface area contributed by atoms with Crippen molar-refractivity contribution in [2.45, 2.75) is 19.5 Å². The van der Waals surface area contributed by atoms with Crippen molar-refractivity contribution in [1.82, 2.24) is 24.8 Å². The Morgan fingerprint density at radius 3 is 2.67 bits per heavy atom. The molecule has 0 spiro atoms. The predicted molar refractivity (Wildman–Crippen MR) is 94.1 cm³/mol. The molecule has 0 saturated carbocycles. The maximum Gasteiger partial charge on any atom is 0.401 e. The van der Waals surface area contributed by atoms with E-state index in [1.807, 2.05) is 0 Å². The number of aromatic nitrogens is 3. The zero-order chi connectivity index (χ0) is 19.6. The molecule has 1 aromatic carbocycles. The molecule has 1 aliphatic rings. The zero-order valence-electron chi connectivity index (χ0n) is 14.7. The summed E-state index contributed by atoms with van der Waals surface area (Å²) >= 11 is 5.97. The summed E-state index contributed by atoms with van der Waals surface area (Å²) in [7, 11) is 0. The van der Waals surface area contributed by atoms with Gasteiger partial charge >= 0.3 is 6.18 Å². The highest BCUT2D eigenvalue weighted by Crippen LogP contribution is 2.19. The number of carbonyl (C=O) groups is 1. The van der Waals surface area contributed by atoms with Crippen LogP contribution in [0.4, 0.5) is 13.2 Å². The van der Waals surface area contributed by atoms with Gasteiger partial charge in [0.15, 0.2) is 5.69 Å². The number of rotatable bonds is 3. The van der Waals surface area contributed by atoms with Crippen molar-refractivity contribution in [2.75, 3.05) is 32.7 Å². The van der Waals surface area contributed by atoms with Crippen molar-refractivity contribution in [3.05, 3.63) is 40.7 Å². The lowest BCUT2D eigenvalue weighted by Crippen LogP contribution is -2.38. The Morgan fingerprint density at radius 1 is 1.19 bits per heavy atom. The Labute approximate surface area is 159 Å². The van der Waals surface area contributed by atoms with Crippen LogP contribution in [0.3, 0.4) is 0 Å². The number of nitrogens with zero attached hydrogens (tertiary/aromatic N) is 5. The van der Waals surface area contributed by atoms with E-state index in [4.69, 9.17) is 11.6 Å². The van der Waals surface area contributed by atoms with Crippen molar-refractivity contribution in [3.63, 3.8) is 0 Å². The third-order valence-corrected chi connectivity index (χ3v) is 4.54. The average Bonchev–Trinajstić information content (AvgIpc) is 2.82. The number of benzene rings is 1. The zero-order valence-corrected chi connectivity index (χ0v) is 15.5. The van der Waals surface area contributed by atoms with Crippen molar-refractivity contribution in [2.24, 2.45) is 0 Å². The number of halogens is 4. The fourth-order valence-corrected chi connectivity index (χ4v) is 3.21. The Balaban J connectivity index is 1.72. The van der Waals surface area contributed by atoms with Gasteiger partial charge in [-0.25, -0.2) is 0 Å². The van der Waals surface area contributed by atoms with Gasteiger partial charge in [-0.1, -0.05) is 17.7 Å². The normalized spacial score (nSPS) is 16.4. The van der Waals surface area contributed by atoms with E-state index in [2.05, 4.69) is 10.2 Å². The van der Waals surface area contributed by atoms with E-state index in [9.17, 15) is 18.0 Å². The summed E-state index contributed by atoms with van der Waals surface area (Å²) in [4.78, 5) is 17.0. The second-order valence-electron chi connectivity index (χ2n) is 6.44.